The lowest BCUT2D eigenvalue weighted by molar-refractivity contribution is 0.495. The zero-order valence-corrected chi connectivity index (χ0v) is 8.13. The summed E-state index contributed by atoms with van der Waals surface area (Å²) in [5.41, 5.74) is 0.924. The van der Waals surface area contributed by atoms with E-state index in [0.29, 0.717) is 0 Å². The van der Waals surface area contributed by atoms with E-state index in [0.717, 1.165) is 11.6 Å². The Labute approximate surface area is 67.0 Å². The molecule has 0 heterocycles. The molecule has 1 heteroatoms. The molecule has 0 aromatic rings. The molecule has 0 aromatic heterocycles. The lowest BCUT2D eigenvalue weighted by atomic mass is 10.0. The third kappa shape index (κ3) is 2.23. The largest absolute Gasteiger partial charge is 0.134 e. The number of rotatable bonds is 3. The Bertz CT molecular complexity index is 84.7. The van der Waals surface area contributed by atoms with Crippen LogP contribution in [0.3, 0.4) is 0 Å². The molecule has 2 unspecified atom stereocenters. The van der Waals surface area contributed by atoms with Crippen molar-refractivity contribution in [2.24, 2.45) is 5.92 Å². The average molecular weight is 158 g/mol. The van der Waals surface area contributed by atoms with Crippen LogP contribution in [-0.2, 0) is 0 Å². The van der Waals surface area contributed by atoms with E-state index in [1.807, 2.05) is 0 Å². The van der Waals surface area contributed by atoms with Crippen molar-refractivity contribution in [3.63, 3.8) is 0 Å². The Balaban J connectivity index is 2.18. The number of hydrogen-bond donors (Lipinski definition) is 0. The summed E-state index contributed by atoms with van der Waals surface area (Å²) in [5.74, 6) is 1.05. The van der Waals surface area contributed by atoms with E-state index in [1.165, 1.54) is 38.5 Å². The molecule has 0 aromatic carbocycles. The summed E-state index contributed by atoms with van der Waals surface area (Å²) in [5, 5.41) is 0. The predicted molar refractivity (Wildman–Crippen MR) is 50.4 cm³/mol. The maximum Gasteiger partial charge on any atom is -0.0236 e. The quantitative estimate of drug-likeness (QED) is 0.553. The van der Waals surface area contributed by atoms with Gasteiger partial charge in [-0.2, -0.15) is 0 Å². The summed E-state index contributed by atoms with van der Waals surface area (Å²) in [6.07, 6.45) is 8.72. The van der Waals surface area contributed by atoms with Gasteiger partial charge in [0.15, 0.2) is 0 Å². The molecule has 0 nitrogen and oxygen atoms in total. The normalized spacial score (nSPS) is 23.4. The fraction of sp³-hybridized carbons (Fsp3) is 1.00. The van der Waals surface area contributed by atoms with Crippen molar-refractivity contribution in [1.82, 2.24) is 0 Å². The van der Waals surface area contributed by atoms with Crippen LogP contribution < -0.4 is 0 Å². The highest BCUT2D eigenvalue weighted by molar-refractivity contribution is 7.17. The second-order valence-electron chi connectivity index (χ2n) is 3.50. The highest BCUT2D eigenvalue weighted by Crippen LogP contribution is 2.33. The van der Waals surface area contributed by atoms with Crippen LogP contribution in [0.15, 0.2) is 0 Å². The summed E-state index contributed by atoms with van der Waals surface area (Å²) in [6, 6.07) is 0. The molecule has 60 valence electrons. The maximum absolute atomic E-state index is 3.02. The Hall–Kier alpha value is 0.430. The van der Waals surface area contributed by atoms with Gasteiger partial charge in [0, 0.05) is 0 Å². The molecule has 1 aliphatic carbocycles. The summed E-state index contributed by atoms with van der Waals surface area (Å²) in [7, 11) is 3.02. The third-order valence-electron chi connectivity index (χ3n) is 2.63. The van der Waals surface area contributed by atoms with Crippen molar-refractivity contribution < 1.29 is 0 Å². The second kappa shape index (κ2) is 4.34. The van der Waals surface area contributed by atoms with Gasteiger partial charge in [-0.1, -0.05) is 26.2 Å². The molecular weight excluding hydrogens is 139 g/mol. The van der Waals surface area contributed by atoms with Gasteiger partial charge in [0.1, 0.15) is 0 Å². The van der Waals surface area contributed by atoms with Crippen LogP contribution in [0.1, 0.15) is 45.4 Å². The van der Waals surface area contributed by atoms with Crippen molar-refractivity contribution in [1.29, 1.82) is 0 Å². The van der Waals surface area contributed by atoms with Crippen molar-refractivity contribution in [3.8, 4) is 0 Å². The van der Waals surface area contributed by atoms with E-state index in [2.05, 4.69) is 16.2 Å². The van der Waals surface area contributed by atoms with Crippen LogP contribution >= 0.6 is 9.24 Å². The fourth-order valence-electron chi connectivity index (χ4n) is 1.95. The minimum Gasteiger partial charge on any atom is -0.134 e. The predicted octanol–water partition coefficient (Wildman–Crippen LogP) is 3.22. The minimum absolute atomic E-state index is 0.924. The molecule has 0 spiro atoms. The Morgan fingerprint density at radius 3 is 2.50 bits per heavy atom. The Kier molecular flexibility index (Phi) is 3.70. The van der Waals surface area contributed by atoms with Crippen molar-refractivity contribution in [2.45, 2.75) is 51.1 Å². The van der Waals surface area contributed by atoms with Gasteiger partial charge < -0.3 is 0 Å². The van der Waals surface area contributed by atoms with Crippen molar-refractivity contribution in [2.75, 3.05) is 0 Å². The number of hydrogen-bond acceptors (Lipinski definition) is 0. The molecular formula is C9H19P. The SMILES string of the molecule is CCCC(P)C1CCCC1. The zero-order chi connectivity index (χ0) is 7.40. The van der Waals surface area contributed by atoms with Crippen LogP contribution in [0, 0.1) is 5.92 Å². The van der Waals surface area contributed by atoms with Gasteiger partial charge in [0.2, 0.25) is 0 Å². The Morgan fingerprint density at radius 1 is 1.40 bits per heavy atom. The lowest BCUT2D eigenvalue weighted by Crippen LogP contribution is -2.09. The second-order valence-corrected chi connectivity index (χ2v) is 4.35. The van der Waals surface area contributed by atoms with Gasteiger partial charge in [-0.3, -0.25) is 0 Å². The highest BCUT2D eigenvalue weighted by Gasteiger charge is 2.20. The first kappa shape index (κ1) is 8.53. The first-order chi connectivity index (χ1) is 4.84. The van der Waals surface area contributed by atoms with Crippen LogP contribution in [0.2, 0.25) is 0 Å². The topological polar surface area (TPSA) is 0 Å². The van der Waals surface area contributed by atoms with Gasteiger partial charge in [0.05, 0.1) is 0 Å². The highest BCUT2D eigenvalue weighted by atomic mass is 31.0. The van der Waals surface area contributed by atoms with Gasteiger partial charge in [-0.05, 0) is 30.8 Å². The smallest absolute Gasteiger partial charge is 0.0236 e. The molecule has 0 radical (unpaired) electrons. The molecule has 0 amide bonds. The monoisotopic (exact) mass is 158 g/mol. The molecule has 1 rings (SSSR count). The lowest BCUT2D eigenvalue weighted by Gasteiger charge is -2.16. The van der Waals surface area contributed by atoms with Crippen molar-refractivity contribution >= 4 is 9.24 Å². The summed E-state index contributed by atoms with van der Waals surface area (Å²) in [6.45, 7) is 2.28. The summed E-state index contributed by atoms with van der Waals surface area (Å²) < 4.78 is 0. The Morgan fingerprint density at radius 2 is 2.00 bits per heavy atom. The summed E-state index contributed by atoms with van der Waals surface area (Å²) in [4.78, 5) is 0. The molecule has 1 saturated carbocycles. The molecule has 2 atom stereocenters. The first-order valence-electron chi connectivity index (χ1n) is 4.60. The van der Waals surface area contributed by atoms with Crippen LogP contribution in [0.4, 0.5) is 0 Å². The average Bonchev–Trinajstić information content (AvgIpc) is 2.38. The molecule has 0 aliphatic heterocycles. The molecule has 0 saturated heterocycles. The summed E-state index contributed by atoms with van der Waals surface area (Å²) >= 11 is 0. The molecule has 0 bridgehead atoms. The first-order valence-corrected chi connectivity index (χ1v) is 5.27. The standard InChI is InChI=1S/C9H19P/c1-2-5-9(10)8-6-3-4-7-8/h8-9H,2-7,10H2,1H3. The van der Waals surface area contributed by atoms with E-state index < -0.39 is 0 Å². The van der Waals surface area contributed by atoms with E-state index in [1.54, 1.807) is 0 Å². The molecule has 0 N–H and O–H groups in total. The van der Waals surface area contributed by atoms with Gasteiger partial charge in [0.25, 0.3) is 0 Å². The van der Waals surface area contributed by atoms with Crippen LogP contribution in [-0.4, -0.2) is 5.66 Å². The van der Waals surface area contributed by atoms with Gasteiger partial charge >= 0.3 is 0 Å². The van der Waals surface area contributed by atoms with Crippen molar-refractivity contribution in [3.05, 3.63) is 0 Å². The van der Waals surface area contributed by atoms with E-state index in [4.69, 9.17) is 0 Å². The van der Waals surface area contributed by atoms with Gasteiger partial charge in [-0.15, -0.1) is 9.24 Å². The van der Waals surface area contributed by atoms with Crippen LogP contribution in [0.25, 0.3) is 0 Å². The maximum atomic E-state index is 3.02. The third-order valence-corrected chi connectivity index (χ3v) is 3.51. The molecule has 1 fully saturated rings. The minimum atomic E-state index is 0.924. The van der Waals surface area contributed by atoms with Crippen LogP contribution in [0.5, 0.6) is 0 Å². The molecule has 10 heavy (non-hydrogen) atoms. The fourth-order valence-corrected chi connectivity index (χ4v) is 2.67. The van der Waals surface area contributed by atoms with E-state index >= 15 is 0 Å². The zero-order valence-electron chi connectivity index (χ0n) is 6.97. The van der Waals surface area contributed by atoms with E-state index in [9.17, 15) is 0 Å². The molecule has 1 aliphatic rings. The van der Waals surface area contributed by atoms with Gasteiger partial charge in [-0.25, -0.2) is 0 Å². The van der Waals surface area contributed by atoms with E-state index in [-0.39, 0.29) is 0 Å².